The number of carbonyl (C=O) groups excluding carboxylic acids is 1. The fourth-order valence-corrected chi connectivity index (χ4v) is 3.39. The molecule has 146 valence electrons. The molecular formula is C22H20ClN5O. The Morgan fingerprint density at radius 3 is 2.48 bits per heavy atom. The van der Waals surface area contributed by atoms with Gasteiger partial charge in [-0.25, -0.2) is 0 Å². The molecule has 0 unspecified atom stereocenters. The number of piperazine rings is 1. The molecule has 3 heterocycles. The molecule has 0 N–H and O–H groups in total. The van der Waals surface area contributed by atoms with Crippen LogP contribution < -0.4 is 4.90 Å². The molecule has 4 rings (SSSR count). The van der Waals surface area contributed by atoms with Gasteiger partial charge in [-0.15, -0.1) is 10.2 Å². The van der Waals surface area contributed by atoms with Crippen molar-refractivity contribution < 1.29 is 4.79 Å². The topological polar surface area (TPSA) is 62.2 Å². The Balaban J connectivity index is 1.34. The summed E-state index contributed by atoms with van der Waals surface area (Å²) in [4.78, 5) is 20.6. The molecule has 0 atom stereocenters. The second-order valence-electron chi connectivity index (χ2n) is 6.69. The van der Waals surface area contributed by atoms with Crippen LogP contribution in [0.4, 0.5) is 5.82 Å². The van der Waals surface area contributed by atoms with Crippen molar-refractivity contribution in [3.8, 4) is 11.3 Å². The molecule has 1 aliphatic rings. The van der Waals surface area contributed by atoms with Gasteiger partial charge >= 0.3 is 0 Å². The van der Waals surface area contributed by atoms with Crippen LogP contribution in [0.25, 0.3) is 17.3 Å². The van der Waals surface area contributed by atoms with E-state index in [9.17, 15) is 4.79 Å². The maximum Gasteiger partial charge on any atom is 0.246 e. The van der Waals surface area contributed by atoms with Crippen molar-refractivity contribution in [2.45, 2.75) is 0 Å². The van der Waals surface area contributed by atoms with Crippen LogP contribution in [0.3, 0.4) is 0 Å². The lowest BCUT2D eigenvalue weighted by Crippen LogP contribution is -2.48. The minimum atomic E-state index is -0.0115. The summed E-state index contributed by atoms with van der Waals surface area (Å²) < 4.78 is 0. The van der Waals surface area contributed by atoms with Crippen molar-refractivity contribution in [3.63, 3.8) is 0 Å². The minimum absolute atomic E-state index is 0.0115. The van der Waals surface area contributed by atoms with Crippen molar-refractivity contribution in [1.82, 2.24) is 20.1 Å². The van der Waals surface area contributed by atoms with E-state index in [1.807, 2.05) is 53.4 Å². The highest BCUT2D eigenvalue weighted by Crippen LogP contribution is 2.19. The van der Waals surface area contributed by atoms with Crippen LogP contribution in [0.1, 0.15) is 5.56 Å². The Morgan fingerprint density at radius 2 is 1.79 bits per heavy atom. The third-order valence-electron chi connectivity index (χ3n) is 4.83. The molecule has 1 amide bonds. The molecule has 1 saturated heterocycles. The largest absolute Gasteiger partial charge is 0.352 e. The molecular weight excluding hydrogens is 386 g/mol. The first-order chi connectivity index (χ1) is 14.2. The van der Waals surface area contributed by atoms with E-state index < -0.39 is 0 Å². The normalized spacial score (nSPS) is 14.4. The predicted octanol–water partition coefficient (Wildman–Crippen LogP) is 3.55. The summed E-state index contributed by atoms with van der Waals surface area (Å²) in [7, 11) is 0. The van der Waals surface area contributed by atoms with Gasteiger partial charge in [0.2, 0.25) is 5.91 Å². The van der Waals surface area contributed by atoms with Gasteiger partial charge in [-0.05, 0) is 42.0 Å². The zero-order valence-corrected chi connectivity index (χ0v) is 16.5. The van der Waals surface area contributed by atoms with Gasteiger partial charge in [0, 0.05) is 55.2 Å². The molecule has 0 spiro atoms. The molecule has 1 aromatic carbocycles. The number of anilines is 1. The summed E-state index contributed by atoms with van der Waals surface area (Å²) in [6, 6.07) is 15.2. The second kappa shape index (κ2) is 8.84. The van der Waals surface area contributed by atoms with Crippen molar-refractivity contribution in [3.05, 3.63) is 77.6 Å². The summed E-state index contributed by atoms with van der Waals surface area (Å²) >= 11 is 6.13. The molecule has 0 bridgehead atoms. The third kappa shape index (κ3) is 4.60. The number of rotatable bonds is 4. The van der Waals surface area contributed by atoms with Crippen LogP contribution in [0.2, 0.25) is 5.02 Å². The number of carbonyl (C=O) groups is 1. The summed E-state index contributed by atoms with van der Waals surface area (Å²) in [6.45, 7) is 2.70. The van der Waals surface area contributed by atoms with Crippen LogP contribution in [-0.2, 0) is 4.79 Å². The van der Waals surface area contributed by atoms with E-state index in [1.54, 1.807) is 24.5 Å². The van der Waals surface area contributed by atoms with Gasteiger partial charge < -0.3 is 9.80 Å². The first-order valence-corrected chi connectivity index (χ1v) is 9.79. The zero-order valence-electron chi connectivity index (χ0n) is 15.8. The maximum absolute atomic E-state index is 12.5. The Labute approximate surface area is 174 Å². The molecule has 3 aromatic rings. The van der Waals surface area contributed by atoms with Gasteiger partial charge in [0.05, 0.1) is 5.69 Å². The lowest BCUT2D eigenvalue weighted by atomic mass is 10.2. The van der Waals surface area contributed by atoms with E-state index in [0.29, 0.717) is 31.2 Å². The van der Waals surface area contributed by atoms with E-state index in [1.165, 1.54) is 0 Å². The van der Waals surface area contributed by atoms with E-state index in [-0.39, 0.29) is 5.91 Å². The zero-order chi connectivity index (χ0) is 20.1. The van der Waals surface area contributed by atoms with Gasteiger partial charge in [0.15, 0.2) is 5.82 Å². The molecule has 1 fully saturated rings. The number of pyridine rings is 1. The van der Waals surface area contributed by atoms with E-state index in [2.05, 4.69) is 20.1 Å². The first kappa shape index (κ1) is 19.1. The van der Waals surface area contributed by atoms with Crippen LogP contribution in [0.15, 0.2) is 67.0 Å². The van der Waals surface area contributed by atoms with Crippen LogP contribution in [0.5, 0.6) is 0 Å². The lowest BCUT2D eigenvalue weighted by Gasteiger charge is -2.34. The monoisotopic (exact) mass is 405 g/mol. The van der Waals surface area contributed by atoms with Gasteiger partial charge in [0.1, 0.15) is 0 Å². The van der Waals surface area contributed by atoms with Gasteiger partial charge in [-0.2, -0.15) is 0 Å². The quantitative estimate of drug-likeness (QED) is 0.621. The Morgan fingerprint density at radius 1 is 0.966 bits per heavy atom. The number of aromatic nitrogens is 3. The van der Waals surface area contributed by atoms with Gasteiger partial charge in [-0.3, -0.25) is 9.78 Å². The molecule has 0 saturated carbocycles. The van der Waals surface area contributed by atoms with Crippen LogP contribution in [0, 0.1) is 0 Å². The number of amides is 1. The summed E-state index contributed by atoms with van der Waals surface area (Å²) in [5, 5.41) is 9.30. The minimum Gasteiger partial charge on any atom is -0.352 e. The van der Waals surface area contributed by atoms with Gasteiger partial charge in [0.25, 0.3) is 0 Å². The summed E-state index contributed by atoms with van der Waals surface area (Å²) in [5.74, 6) is 0.805. The number of benzene rings is 1. The SMILES string of the molecule is O=C(/C=C/c1ccccc1Cl)N1CCN(c2ccc(-c3cccnc3)nn2)CC1. The molecule has 2 aromatic heterocycles. The smallest absolute Gasteiger partial charge is 0.246 e. The highest BCUT2D eigenvalue weighted by Gasteiger charge is 2.21. The number of hydrogen-bond acceptors (Lipinski definition) is 5. The highest BCUT2D eigenvalue weighted by molar-refractivity contribution is 6.32. The summed E-state index contributed by atoms with van der Waals surface area (Å²) in [5.41, 5.74) is 2.57. The fourth-order valence-electron chi connectivity index (χ4n) is 3.19. The predicted molar refractivity (Wildman–Crippen MR) is 115 cm³/mol. The number of nitrogens with zero attached hydrogens (tertiary/aromatic N) is 5. The average molecular weight is 406 g/mol. The fraction of sp³-hybridized carbons (Fsp3) is 0.182. The highest BCUT2D eigenvalue weighted by atomic mass is 35.5. The summed E-state index contributed by atoms with van der Waals surface area (Å²) in [6.07, 6.45) is 6.85. The van der Waals surface area contributed by atoms with E-state index in [4.69, 9.17) is 11.6 Å². The standard InChI is InChI=1S/C22H20ClN5O/c23-19-6-2-1-4-17(19)7-10-22(29)28-14-12-27(13-15-28)21-9-8-20(25-26-21)18-5-3-11-24-16-18/h1-11,16H,12-15H2/b10-7+. The van der Waals surface area contributed by atoms with Crippen LogP contribution in [-0.4, -0.2) is 52.2 Å². The average Bonchev–Trinajstić information content (AvgIpc) is 2.79. The molecule has 0 aliphatic carbocycles. The van der Waals surface area contributed by atoms with Crippen molar-refractivity contribution in [2.24, 2.45) is 0 Å². The van der Waals surface area contributed by atoms with Crippen molar-refractivity contribution in [2.75, 3.05) is 31.1 Å². The number of halogens is 1. The third-order valence-corrected chi connectivity index (χ3v) is 5.18. The number of hydrogen-bond donors (Lipinski definition) is 0. The molecule has 6 nitrogen and oxygen atoms in total. The van der Waals surface area contributed by atoms with Crippen molar-refractivity contribution in [1.29, 1.82) is 0 Å². The molecule has 1 aliphatic heterocycles. The Kier molecular flexibility index (Phi) is 5.81. The van der Waals surface area contributed by atoms with E-state index >= 15 is 0 Å². The van der Waals surface area contributed by atoms with E-state index in [0.717, 1.165) is 22.6 Å². The first-order valence-electron chi connectivity index (χ1n) is 9.41. The van der Waals surface area contributed by atoms with Gasteiger partial charge in [-0.1, -0.05) is 29.8 Å². The molecule has 7 heteroatoms. The second-order valence-corrected chi connectivity index (χ2v) is 7.09. The lowest BCUT2D eigenvalue weighted by molar-refractivity contribution is -0.126. The Hall–Kier alpha value is -3.25. The van der Waals surface area contributed by atoms with Crippen molar-refractivity contribution >= 4 is 29.4 Å². The molecule has 29 heavy (non-hydrogen) atoms. The maximum atomic E-state index is 12.5. The Bertz CT molecular complexity index is 999. The van der Waals surface area contributed by atoms with Crippen LogP contribution >= 0.6 is 11.6 Å². The molecule has 0 radical (unpaired) electrons.